The molecule has 1 heteroatoms. The summed E-state index contributed by atoms with van der Waals surface area (Å²) in [4.78, 5) is 0. The molecule has 0 bridgehead atoms. The van der Waals surface area contributed by atoms with Gasteiger partial charge in [0.2, 0.25) is 0 Å². The Bertz CT molecular complexity index is 1380. The molecule has 0 saturated heterocycles. The van der Waals surface area contributed by atoms with Crippen molar-refractivity contribution in [2.24, 2.45) is 5.92 Å². The van der Waals surface area contributed by atoms with Gasteiger partial charge in [-0.25, -0.2) is 0 Å². The van der Waals surface area contributed by atoms with E-state index in [2.05, 4.69) is 85.8 Å². The van der Waals surface area contributed by atoms with Crippen molar-refractivity contribution < 1.29 is 5.11 Å². The molecule has 2 fully saturated rings. The van der Waals surface area contributed by atoms with E-state index in [1.807, 2.05) is 6.07 Å². The van der Waals surface area contributed by atoms with Gasteiger partial charge in [0, 0.05) is 11.0 Å². The average Bonchev–Trinajstić information content (AvgIpc) is 3.72. The van der Waals surface area contributed by atoms with Crippen molar-refractivity contribution in [1.82, 2.24) is 0 Å². The van der Waals surface area contributed by atoms with E-state index >= 15 is 0 Å². The Hall–Kier alpha value is -3.06. The van der Waals surface area contributed by atoms with Crippen LogP contribution in [-0.2, 0) is 18.3 Å². The molecule has 3 aliphatic rings. The van der Waals surface area contributed by atoms with Crippen molar-refractivity contribution in [3.63, 3.8) is 0 Å². The minimum Gasteiger partial charge on any atom is -0.508 e. The summed E-state index contributed by atoms with van der Waals surface area (Å²) < 4.78 is 0. The van der Waals surface area contributed by atoms with Crippen LogP contribution in [0.3, 0.4) is 0 Å². The largest absolute Gasteiger partial charge is 0.508 e. The molecule has 0 amide bonds. The molecule has 0 atom stereocenters. The maximum absolute atomic E-state index is 10.8. The molecule has 3 aromatic rings. The Kier molecular flexibility index (Phi) is 6.80. The third-order valence-corrected chi connectivity index (χ3v) is 9.42. The second kappa shape index (κ2) is 10.4. The molecular formula is C36H40O. The van der Waals surface area contributed by atoms with Gasteiger partial charge in [-0.1, -0.05) is 104 Å². The third kappa shape index (κ3) is 5.06. The highest BCUT2D eigenvalue weighted by Crippen LogP contribution is 2.55. The summed E-state index contributed by atoms with van der Waals surface area (Å²) in [5.74, 6) is 2.08. The van der Waals surface area contributed by atoms with Crippen LogP contribution < -0.4 is 10.4 Å². The molecule has 3 aliphatic carbocycles. The lowest BCUT2D eigenvalue weighted by atomic mass is 9.78. The van der Waals surface area contributed by atoms with E-state index < -0.39 is 0 Å². The van der Waals surface area contributed by atoms with E-state index in [0.717, 1.165) is 43.1 Å². The minimum absolute atomic E-state index is 0.211. The fourth-order valence-electron chi connectivity index (χ4n) is 6.87. The molecule has 1 nitrogen and oxygen atoms in total. The molecule has 0 heterocycles. The average molecular weight is 489 g/mol. The van der Waals surface area contributed by atoms with E-state index in [4.69, 9.17) is 0 Å². The number of hydrogen-bond acceptors (Lipinski definition) is 1. The van der Waals surface area contributed by atoms with E-state index in [0.29, 0.717) is 5.75 Å². The lowest BCUT2D eigenvalue weighted by molar-refractivity contribution is 0.348. The highest BCUT2D eigenvalue weighted by Gasteiger charge is 2.46. The predicted molar refractivity (Wildman–Crippen MR) is 155 cm³/mol. The van der Waals surface area contributed by atoms with E-state index in [-0.39, 0.29) is 5.41 Å². The van der Waals surface area contributed by atoms with Gasteiger partial charge < -0.3 is 5.11 Å². The van der Waals surface area contributed by atoms with Crippen LogP contribution in [0.4, 0.5) is 0 Å². The van der Waals surface area contributed by atoms with Gasteiger partial charge in [0.25, 0.3) is 0 Å². The monoisotopic (exact) mass is 488 g/mol. The molecule has 1 N–H and O–H groups in total. The highest BCUT2D eigenvalue weighted by atomic mass is 16.3. The molecular weight excluding hydrogens is 448 g/mol. The van der Waals surface area contributed by atoms with Gasteiger partial charge in [-0.3, -0.25) is 0 Å². The van der Waals surface area contributed by atoms with Crippen molar-refractivity contribution >= 4 is 12.2 Å². The second-order valence-corrected chi connectivity index (χ2v) is 11.8. The van der Waals surface area contributed by atoms with Gasteiger partial charge in [0.05, 0.1) is 0 Å². The highest BCUT2D eigenvalue weighted by molar-refractivity contribution is 5.52. The summed E-state index contributed by atoms with van der Waals surface area (Å²) in [5.41, 5.74) is 7.23. The van der Waals surface area contributed by atoms with Gasteiger partial charge in [-0.15, -0.1) is 0 Å². The number of phenols is 1. The van der Waals surface area contributed by atoms with Gasteiger partial charge >= 0.3 is 0 Å². The van der Waals surface area contributed by atoms with Crippen molar-refractivity contribution in [2.75, 3.05) is 0 Å². The lowest BCUT2D eigenvalue weighted by Gasteiger charge is -2.27. The Labute approximate surface area is 222 Å². The number of allylic oxidation sites excluding steroid dienone is 2. The fraction of sp³-hybridized carbons (Fsp3) is 0.389. The Balaban J connectivity index is 1.24. The van der Waals surface area contributed by atoms with Gasteiger partial charge in [0.15, 0.2) is 0 Å². The number of fused-ring (bicyclic) bond motifs is 1. The van der Waals surface area contributed by atoms with Gasteiger partial charge in [0.1, 0.15) is 5.75 Å². The maximum Gasteiger partial charge on any atom is 0.119 e. The van der Waals surface area contributed by atoms with Crippen molar-refractivity contribution in [1.29, 1.82) is 0 Å². The third-order valence-electron chi connectivity index (χ3n) is 9.42. The molecule has 3 aromatic carbocycles. The molecule has 2 saturated carbocycles. The molecule has 0 aromatic heterocycles. The van der Waals surface area contributed by atoms with Crippen LogP contribution in [0.2, 0.25) is 0 Å². The Morgan fingerprint density at radius 3 is 2.27 bits per heavy atom. The second-order valence-electron chi connectivity index (χ2n) is 11.8. The molecule has 0 unspecified atom stereocenters. The summed E-state index contributed by atoms with van der Waals surface area (Å²) in [5, 5.41) is 13.3. The zero-order valence-electron chi connectivity index (χ0n) is 22.3. The Morgan fingerprint density at radius 1 is 0.784 bits per heavy atom. The van der Waals surface area contributed by atoms with Crippen LogP contribution in [0.1, 0.15) is 86.5 Å². The minimum atomic E-state index is 0.211. The molecule has 0 radical (unpaired) electrons. The van der Waals surface area contributed by atoms with E-state index in [9.17, 15) is 5.11 Å². The summed E-state index contributed by atoms with van der Waals surface area (Å²) in [6, 6.07) is 24.3. The SMILES string of the molecule is CC1CCC(c2ccc(C3(C4=CCC=c5ccc(O)c(CCc6ccccc6)c5=CC4)CC3)cc2)CC1. The van der Waals surface area contributed by atoms with Crippen LogP contribution in [0.5, 0.6) is 5.75 Å². The summed E-state index contributed by atoms with van der Waals surface area (Å²) in [7, 11) is 0. The quantitative estimate of drug-likeness (QED) is 0.357. The van der Waals surface area contributed by atoms with E-state index in [1.165, 1.54) is 60.1 Å². The van der Waals surface area contributed by atoms with E-state index in [1.54, 1.807) is 11.1 Å². The van der Waals surface area contributed by atoms with Crippen LogP contribution >= 0.6 is 0 Å². The number of benzene rings is 3. The number of hydrogen-bond donors (Lipinski definition) is 1. The zero-order valence-corrected chi connectivity index (χ0v) is 22.3. The first-order chi connectivity index (χ1) is 18.1. The van der Waals surface area contributed by atoms with Crippen LogP contribution in [0, 0.1) is 5.92 Å². The lowest BCUT2D eigenvalue weighted by Crippen LogP contribution is -2.30. The van der Waals surface area contributed by atoms with Crippen LogP contribution in [-0.4, -0.2) is 5.11 Å². The zero-order chi connectivity index (χ0) is 25.2. The van der Waals surface area contributed by atoms with Gasteiger partial charge in [-0.2, -0.15) is 0 Å². The van der Waals surface area contributed by atoms with Crippen LogP contribution in [0.15, 0.2) is 78.4 Å². The topological polar surface area (TPSA) is 20.2 Å². The van der Waals surface area contributed by atoms with Crippen molar-refractivity contribution in [3.8, 4) is 5.75 Å². The number of aryl methyl sites for hydroxylation is 1. The first-order valence-corrected chi connectivity index (χ1v) is 14.5. The number of rotatable bonds is 6. The number of aromatic hydroxyl groups is 1. The van der Waals surface area contributed by atoms with Crippen molar-refractivity contribution in [2.45, 2.75) is 82.5 Å². The molecule has 6 rings (SSSR count). The number of phenolic OH excluding ortho intramolecular Hbond substituents is 1. The molecule has 190 valence electrons. The molecule has 0 aliphatic heterocycles. The summed E-state index contributed by atoms with van der Waals surface area (Å²) in [6.45, 7) is 2.40. The standard InChI is InChI=1S/C36H40O/c1-26-10-13-28(14-11-26)29-15-18-32(19-16-29)36(24-25-36)31-9-5-8-30-17-23-35(37)34(33(30)22-20-31)21-12-27-6-3-2-4-7-27/h2-4,6-9,15-19,22-23,26,28,37H,5,10-14,20-21,24-25H2,1H3. The first-order valence-electron chi connectivity index (χ1n) is 14.5. The smallest absolute Gasteiger partial charge is 0.119 e. The van der Waals surface area contributed by atoms with Crippen LogP contribution in [0.25, 0.3) is 12.2 Å². The predicted octanol–water partition coefficient (Wildman–Crippen LogP) is 7.48. The Morgan fingerprint density at radius 2 is 1.54 bits per heavy atom. The molecule has 0 spiro atoms. The first kappa shape index (κ1) is 24.3. The normalized spacial score (nSPS) is 22.5. The van der Waals surface area contributed by atoms with Crippen molar-refractivity contribution in [3.05, 3.63) is 111 Å². The summed E-state index contributed by atoms with van der Waals surface area (Å²) in [6.07, 6.45) is 18.9. The maximum atomic E-state index is 10.8. The summed E-state index contributed by atoms with van der Waals surface area (Å²) >= 11 is 0. The fourth-order valence-corrected chi connectivity index (χ4v) is 6.87. The van der Waals surface area contributed by atoms with Gasteiger partial charge in [-0.05, 0) is 96.4 Å². The molecule has 37 heavy (non-hydrogen) atoms.